The van der Waals surface area contributed by atoms with Gasteiger partial charge in [-0.3, -0.25) is 4.79 Å². The van der Waals surface area contributed by atoms with Crippen LogP contribution in [0.5, 0.6) is 0 Å². The number of hydrogen-bond acceptors (Lipinski definition) is 1. The zero-order valence-electron chi connectivity index (χ0n) is 11.6. The van der Waals surface area contributed by atoms with Crippen molar-refractivity contribution in [3.05, 3.63) is 69.5 Å². The molecule has 0 bridgehead atoms. The highest BCUT2D eigenvalue weighted by molar-refractivity contribution is 6.31. The average Bonchev–Trinajstić information content (AvgIpc) is 2.48. The summed E-state index contributed by atoms with van der Waals surface area (Å²) in [6.45, 7) is 1.86. The minimum atomic E-state index is -0.584. The standard InChI is InChI=1S/C16H14Cl2FNO/c1-10(11-3-5-12(17)6-4-11)20(2)16(21)14-9-13(18)7-8-15(14)19/h3-10H,1-2H3. The molecule has 5 heteroatoms. The van der Waals surface area contributed by atoms with Gasteiger partial charge in [0, 0.05) is 17.1 Å². The number of nitrogens with zero attached hydrogens (tertiary/aromatic N) is 1. The molecule has 0 fully saturated rings. The molecular weight excluding hydrogens is 312 g/mol. The fourth-order valence-electron chi connectivity index (χ4n) is 1.99. The van der Waals surface area contributed by atoms with Gasteiger partial charge in [0.15, 0.2) is 0 Å². The van der Waals surface area contributed by atoms with Gasteiger partial charge in [0.1, 0.15) is 5.82 Å². The van der Waals surface area contributed by atoms with Crippen LogP contribution in [0.25, 0.3) is 0 Å². The summed E-state index contributed by atoms with van der Waals surface area (Å²) in [6, 6.07) is 10.9. The Kier molecular flexibility index (Phi) is 4.86. The molecule has 0 aromatic heterocycles. The van der Waals surface area contributed by atoms with Crippen molar-refractivity contribution in [3.8, 4) is 0 Å². The SMILES string of the molecule is CC(c1ccc(Cl)cc1)N(C)C(=O)c1cc(Cl)ccc1F. The molecule has 0 saturated carbocycles. The molecule has 0 spiro atoms. The van der Waals surface area contributed by atoms with Crippen LogP contribution >= 0.6 is 23.2 Å². The summed E-state index contributed by atoms with van der Waals surface area (Å²) in [7, 11) is 1.63. The maximum Gasteiger partial charge on any atom is 0.257 e. The molecule has 0 heterocycles. The Morgan fingerprint density at radius 3 is 2.29 bits per heavy atom. The lowest BCUT2D eigenvalue weighted by molar-refractivity contribution is 0.0738. The second kappa shape index (κ2) is 6.46. The molecule has 0 saturated heterocycles. The van der Waals surface area contributed by atoms with Crippen molar-refractivity contribution in [2.45, 2.75) is 13.0 Å². The summed E-state index contributed by atoms with van der Waals surface area (Å²) < 4.78 is 13.8. The number of halogens is 3. The Morgan fingerprint density at radius 1 is 1.10 bits per heavy atom. The van der Waals surface area contributed by atoms with Gasteiger partial charge in [-0.15, -0.1) is 0 Å². The quantitative estimate of drug-likeness (QED) is 0.780. The number of carbonyl (C=O) groups excluding carboxylic acids is 1. The summed E-state index contributed by atoms with van der Waals surface area (Å²) >= 11 is 11.7. The molecule has 0 aliphatic carbocycles. The molecule has 0 aliphatic heterocycles. The molecule has 1 atom stereocenters. The van der Waals surface area contributed by atoms with Crippen molar-refractivity contribution in [1.29, 1.82) is 0 Å². The van der Waals surface area contributed by atoms with Crippen LogP contribution in [-0.4, -0.2) is 17.9 Å². The van der Waals surface area contributed by atoms with Gasteiger partial charge >= 0.3 is 0 Å². The molecular formula is C16H14Cl2FNO. The summed E-state index contributed by atoms with van der Waals surface area (Å²) in [6.07, 6.45) is 0. The van der Waals surface area contributed by atoms with Crippen LogP contribution in [0.2, 0.25) is 10.0 Å². The van der Waals surface area contributed by atoms with E-state index in [1.807, 2.05) is 19.1 Å². The van der Waals surface area contributed by atoms with Crippen molar-refractivity contribution >= 4 is 29.1 Å². The van der Waals surface area contributed by atoms with Crippen LogP contribution in [0.15, 0.2) is 42.5 Å². The maximum atomic E-state index is 13.8. The van der Waals surface area contributed by atoms with Gasteiger partial charge in [0.2, 0.25) is 0 Å². The van der Waals surface area contributed by atoms with Gasteiger partial charge in [0.05, 0.1) is 11.6 Å². The van der Waals surface area contributed by atoms with Gasteiger partial charge in [-0.25, -0.2) is 4.39 Å². The first-order valence-corrected chi connectivity index (χ1v) is 7.13. The molecule has 2 aromatic rings. The molecule has 0 aliphatic rings. The second-order valence-corrected chi connectivity index (χ2v) is 5.64. The Bertz CT molecular complexity index is 658. The van der Waals surface area contributed by atoms with Crippen LogP contribution in [0.3, 0.4) is 0 Å². The van der Waals surface area contributed by atoms with Crippen LogP contribution in [0.4, 0.5) is 4.39 Å². The van der Waals surface area contributed by atoms with E-state index < -0.39 is 11.7 Å². The largest absolute Gasteiger partial charge is 0.335 e. The molecule has 0 N–H and O–H groups in total. The van der Waals surface area contributed by atoms with Gasteiger partial charge < -0.3 is 4.90 Å². The Labute approximate surface area is 133 Å². The molecule has 2 nitrogen and oxygen atoms in total. The van der Waals surface area contributed by atoms with Crippen LogP contribution < -0.4 is 0 Å². The highest BCUT2D eigenvalue weighted by Gasteiger charge is 2.21. The first-order valence-electron chi connectivity index (χ1n) is 6.38. The molecule has 110 valence electrons. The van der Waals surface area contributed by atoms with Crippen molar-refractivity contribution in [3.63, 3.8) is 0 Å². The minimum absolute atomic E-state index is 0.0363. The number of carbonyl (C=O) groups is 1. The van der Waals surface area contributed by atoms with E-state index in [9.17, 15) is 9.18 Å². The van der Waals surface area contributed by atoms with E-state index in [1.165, 1.54) is 23.1 Å². The van der Waals surface area contributed by atoms with Crippen molar-refractivity contribution in [2.24, 2.45) is 0 Å². The Balaban J connectivity index is 2.26. The minimum Gasteiger partial charge on any atom is -0.335 e. The average molecular weight is 326 g/mol. The fourth-order valence-corrected chi connectivity index (χ4v) is 2.29. The fraction of sp³-hybridized carbons (Fsp3) is 0.188. The monoisotopic (exact) mass is 325 g/mol. The predicted molar refractivity (Wildman–Crippen MR) is 83.4 cm³/mol. The Morgan fingerprint density at radius 2 is 1.67 bits per heavy atom. The lowest BCUT2D eigenvalue weighted by atomic mass is 10.1. The number of amides is 1. The zero-order valence-corrected chi connectivity index (χ0v) is 13.1. The molecule has 21 heavy (non-hydrogen) atoms. The maximum absolute atomic E-state index is 13.8. The smallest absolute Gasteiger partial charge is 0.257 e. The third-order valence-corrected chi connectivity index (χ3v) is 3.90. The lowest BCUT2D eigenvalue weighted by Crippen LogP contribution is -2.30. The lowest BCUT2D eigenvalue weighted by Gasteiger charge is -2.25. The number of rotatable bonds is 3. The first-order chi connectivity index (χ1) is 9.90. The summed E-state index contributed by atoms with van der Waals surface area (Å²) in [4.78, 5) is 13.9. The highest BCUT2D eigenvalue weighted by Crippen LogP contribution is 2.24. The number of benzene rings is 2. The van der Waals surface area contributed by atoms with E-state index in [1.54, 1.807) is 19.2 Å². The first kappa shape index (κ1) is 15.8. The molecule has 2 aromatic carbocycles. The summed E-state index contributed by atoms with van der Waals surface area (Å²) in [5.74, 6) is -1.00. The number of hydrogen-bond donors (Lipinski definition) is 0. The molecule has 1 amide bonds. The normalized spacial score (nSPS) is 12.0. The second-order valence-electron chi connectivity index (χ2n) is 4.77. The van der Waals surface area contributed by atoms with E-state index >= 15 is 0 Å². The zero-order chi connectivity index (χ0) is 15.6. The Hall–Kier alpha value is -1.58. The van der Waals surface area contributed by atoms with Crippen molar-refractivity contribution in [2.75, 3.05) is 7.05 Å². The van der Waals surface area contributed by atoms with Crippen molar-refractivity contribution < 1.29 is 9.18 Å². The molecule has 1 unspecified atom stereocenters. The van der Waals surface area contributed by atoms with E-state index in [0.717, 1.165) is 5.56 Å². The highest BCUT2D eigenvalue weighted by atomic mass is 35.5. The molecule has 2 rings (SSSR count). The third kappa shape index (κ3) is 3.55. The van der Waals surface area contributed by atoms with E-state index in [-0.39, 0.29) is 11.6 Å². The van der Waals surface area contributed by atoms with Crippen LogP contribution in [-0.2, 0) is 0 Å². The van der Waals surface area contributed by atoms with E-state index in [2.05, 4.69) is 0 Å². The van der Waals surface area contributed by atoms with Crippen LogP contribution in [0.1, 0.15) is 28.9 Å². The van der Waals surface area contributed by atoms with E-state index in [4.69, 9.17) is 23.2 Å². The predicted octanol–water partition coefficient (Wildman–Crippen LogP) is 4.97. The van der Waals surface area contributed by atoms with Gasteiger partial charge in [-0.1, -0.05) is 35.3 Å². The topological polar surface area (TPSA) is 20.3 Å². The third-order valence-electron chi connectivity index (χ3n) is 3.41. The van der Waals surface area contributed by atoms with Gasteiger partial charge in [-0.05, 0) is 42.8 Å². The van der Waals surface area contributed by atoms with Gasteiger partial charge in [0.25, 0.3) is 5.91 Å². The van der Waals surface area contributed by atoms with Gasteiger partial charge in [-0.2, -0.15) is 0 Å². The van der Waals surface area contributed by atoms with Crippen LogP contribution in [0, 0.1) is 5.82 Å². The summed E-state index contributed by atoms with van der Waals surface area (Å²) in [5.41, 5.74) is 0.878. The van der Waals surface area contributed by atoms with Crippen molar-refractivity contribution in [1.82, 2.24) is 4.90 Å². The summed E-state index contributed by atoms with van der Waals surface area (Å²) in [5, 5.41) is 0.952. The molecule has 0 radical (unpaired) electrons. The van der Waals surface area contributed by atoms with E-state index in [0.29, 0.717) is 10.0 Å².